The summed E-state index contributed by atoms with van der Waals surface area (Å²) in [4.78, 5) is 25.3. The van der Waals surface area contributed by atoms with Crippen LogP contribution in [0, 0.1) is 6.92 Å². The summed E-state index contributed by atoms with van der Waals surface area (Å²) in [5.74, 6) is 0.433. The molecular formula is C25H26F3N7OS. The number of hydrogen-bond acceptors (Lipinski definition) is 7. The van der Waals surface area contributed by atoms with Gasteiger partial charge in [0.15, 0.2) is 5.69 Å². The van der Waals surface area contributed by atoms with E-state index in [0.717, 1.165) is 30.4 Å². The van der Waals surface area contributed by atoms with Crippen molar-refractivity contribution >= 4 is 34.0 Å². The van der Waals surface area contributed by atoms with E-state index in [1.54, 1.807) is 16.9 Å². The Morgan fingerprint density at radius 1 is 1.16 bits per heavy atom. The number of rotatable bonds is 6. The molecule has 1 fully saturated rings. The van der Waals surface area contributed by atoms with Crippen molar-refractivity contribution < 1.29 is 18.0 Å². The Morgan fingerprint density at radius 2 is 1.95 bits per heavy atom. The summed E-state index contributed by atoms with van der Waals surface area (Å²) in [6, 6.07) is 6.06. The number of nitrogens with zero attached hydrogens (tertiary/aromatic N) is 6. The van der Waals surface area contributed by atoms with Crippen LogP contribution in [0.15, 0.2) is 41.2 Å². The minimum Gasteiger partial charge on any atom is -0.368 e. The van der Waals surface area contributed by atoms with Gasteiger partial charge in [-0.3, -0.25) is 14.4 Å². The van der Waals surface area contributed by atoms with Crippen molar-refractivity contribution in [2.45, 2.75) is 13.1 Å². The minimum atomic E-state index is -4.53. The van der Waals surface area contributed by atoms with Crippen LogP contribution in [0.2, 0.25) is 0 Å². The van der Waals surface area contributed by atoms with E-state index >= 15 is 0 Å². The molecule has 8 nitrogen and oxygen atoms in total. The summed E-state index contributed by atoms with van der Waals surface area (Å²) >= 11 is 1.46. The van der Waals surface area contributed by atoms with Crippen LogP contribution in [0.4, 0.5) is 19.0 Å². The maximum atomic E-state index is 13.4. The number of thiophene rings is 1. The summed E-state index contributed by atoms with van der Waals surface area (Å²) in [6.07, 6.45) is -2.96. The van der Waals surface area contributed by atoms with Crippen molar-refractivity contribution in [3.05, 3.63) is 58.3 Å². The van der Waals surface area contributed by atoms with Gasteiger partial charge in [-0.15, -0.1) is 0 Å². The molecule has 4 aromatic rings. The van der Waals surface area contributed by atoms with Crippen molar-refractivity contribution in [3.8, 4) is 11.1 Å². The van der Waals surface area contributed by atoms with Crippen LogP contribution >= 0.6 is 11.3 Å². The Morgan fingerprint density at radius 3 is 2.59 bits per heavy atom. The Labute approximate surface area is 215 Å². The first-order chi connectivity index (χ1) is 17.7. The van der Waals surface area contributed by atoms with E-state index in [1.807, 2.05) is 35.7 Å². The lowest BCUT2D eigenvalue weighted by molar-refractivity contribution is -0.140. The third-order valence-corrected chi connectivity index (χ3v) is 7.25. The number of halogens is 3. The van der Waals surface area contributed by atoms with Gasteiger partial charge in [0.2, 0.25) is 0 Å². The highest BCUT2D eigenvalue weighted by atomic mass is 32.1. The summed E-state index contributed by atoms with van der Waals surface area (Å²) in [5.41, 5.74) is 2.08. The largest absolute Gasteiger partial charge is 0.433 e. The average molecular weight is 530 g/mol. The van der Waals surface area contributed by atoms with Crippen LogP contribution < -0.4 is 5.32 Å². The Kier molecular flexibility index (Phi) is 6.86. The highest BCUT2D eigenvalue weighted by Crippen LogP contribution is 2.35. The molecule has 1 saturated heterocycles. The van der Waals surface area contributed by atoms with Crippen molar-refractivity contribution in [2.75, 3.05) is 44.6 Å². The van der Waals surface area contributed by atoms with Crippen LogP contribution in [0.1, 0.15) is 21.9 Å². The van der Waals surface area contributed by atoms with E-state index < -0.39 is 11.9 Å². The number of aryl methyl sites for hydroxylation is 2. The van der Waals surface area contributed by atoms with Gasteiger partial charge in [0, 0.05) is 69.2 Å². The number of carbonyl (C=O) groups excluding carboxylic acids is 1. The number of carbonyl (C=O) groups is 1. The maximum Gasteiger partial charge on any atom is 0.433 e. The van der Waals surface area contributed by atoms with Crippen molar-refractivity contribution in [1.29, 1.82) is 0 Å². The fraction of sp³-hybridized carbons (Fsp3) is 0.360. The molecule has 1 N–H and O–H groups in total. The summed E-state index contributed by atoms with van der Waals surface area (Å²) in [5, 5.41) is 11.8. The average Bonchev–Trinajstić information content (AvgIpc) is 3.53. The number of pyridine rings is 2. The molecule has 1 aliphatic rings. The summed E-state index contributed by atoms with van der Waals surface area (Å²) < 4.78 is 41.8. The van der Waals surface area contributed by atoms with Crippen LogP contribution in [0.5, 0.6) is 0 Å². The predicted octanol–water partition coefficient (Wildman–Crippen LogP) is 4.29. The van der Waals surface area contributed by atoms with Gasteiger partial charge in [-0.2, -0.15) is 29.6 Å². The fourth-order valence-corrected chi connectivity index (χ4v) is 5.03. The lowest BCUT2D eigenvalue weighted by atomic mass is 10.1. The fourth-order valence-electron chi connectivity index (χ4n) is 4.38. The third kappa shape index (κ3) is 5.30. The first-order valence-electron chi connectivity index (χ1n) is 11.9. The standard InChI is InChI=1S/C25H26F3N7OS/c1-16-13-20(32-33(16)2)24(36)35-10-8-34(9-11-35)7-6-29-23-18-3-4-21(25(26,27)28)31-22(18)19(14-30-23)17-5-12-37-15-17/h3-5,12-15H,6-11H2,1-2H3,(H,29,30). The molecule has 12 heteroatoms. The molecule has 194 valence electrons. The van der Waals surface area contributed by atoms with Crippen molar-refractivity contribution in [3.63, 3.8) is 0 Å². The highest BCUT2D eigenvalue weighted by Gasteiger charge is 2.33. The zero-order valence-corrected chi connectivity index (χ0v) is 21.2. The number of fused-ring (bicyclic) bond motifs is 1. The molecule has 0 aliphatic carbocycles. The number of hydrogen-bond donors (Lipinski definition) is 1. The minimum absolute atomic E-state index is 0.0615. The van der Waals surface area contributed by atoms with Crippen molar-refractivity contribution in [1.82, 2.24) is 29.5 Å². The van der Waals surface area contributed by atoms with Gasteiger partial charge in [0.1, 0.15) is 11.5 Å². The first kappa shape index (κ1) is 25.2. The molecule has 37 heavy (non-hydrogen) atoms. The number of piperazine rings is 1. The molecule has 4 aromatic heterocycles. The van der Waals surface area contributed by atoms with Crippen LogP contribution in [-0.4, -0.2) is 74.7 Å². The topological polar surface area (TPSA) is 79.2 Å². The van der Waals surface area contributed by atoms with Crippen molar-refractivity contribution in [2.24, 2.45) is 7.05 Å². The number of alkyl halides is 3. The van der Waals surface area contributed by atoms with Gasteiger partial charge in [0.05, 0.1) is 5.52 Å². The SMILES string of the molecule is Cc1cc(C(=O)N2CCN(CCNc3ncc(-c4ccsc4)c4nc(C(F)(F)F)ccc34)CC2)nn1C. The molecule has 1 amide bonds. The number of nitrogens with one attached hydrogen (secondary N) is 1. The van der Waals surface area contributed by atoms with Crippen LogP contribution in [-0.2, 0) is 13.2 Å². The van der Waals surface area contributed by atoms with E-state index in [1.165, 1.54) is 17.4 Å². The zero-order valence-electron chi connectivity index (χ0n) is 20.4. The van der Waals surface area contributed by atoms with Crippen LogP contribution in [0.25, 0.3) is 22.0 Å². The lowest BCUT2D eigenvalue weighted by Crippen LogP contribution is -2.49. The van der Waals surface area contributed by atoms with Gasteiger partial charge in [-0.05, 0) is 47.5 Å². The molecule has 0 aromatic carbocycles. The second-order valence-corrected chi connectivity index (χ2v) is 9.76. The zero-order chi connectivity index (χ0) is 26.2. The van der Waals surface area contributed by atoms with Gasteiger partial charge < -0.3 is 10.2 Å². The first-order valence-corrected chi connectivity index (χ1v) is 12.8. The normalized spacial score (nSPS) is 14.9. The molecule has 0 saturated carbocycles. The maximum absolute atomic E-state index is 13.4. The van der Waals surface area contributed by atoms with Gasteiger partial charge >= 0.3 is 6.18 Å². The smallest absolute Gasteiger partial charge is 0.368 e. The second-order valence-electron chi connectivity index (χ2n) is 8.98. The van der Waals surface area contributed by atoms with E-state index in [-0.39, 0.29) is 11.4 Å². The molecule has 0 atom stereocenters. The lowest BCUT2D eigenvalue weighted by Gasteiger charge is -2.34. The predicted molar refractivity (Wildman–Crippen MR) is 137 cm³/mol. The monoisotopic (exact) mass is 529 g/mol. The molecule has 0 unspecified atom stereocenters. The Bertz CT molecular complexity index is 1390. The van der Waals surface area contributed by atoms with E-state index in [0.29, 0.717) is 48.6 Å². The van der Waals surface area contributed by atoms with E-state index in [4.69, 9.17) is 0 Å². The number of anilines is 1. The van der Waals surface area contributed by atoms with E-state index in [2.05, 4.69) is 25.3 Å². The third-order valence-electron chi connectivity index (χ3n) is 6.56. The number of amides is 1. The van der Waals surface area contributed by atoms with Gasteiger partial charge in [0.25, 0.3) is 5.91 Å². The van der Waals surface area contributed by atoms with Crippen LogP contribution in [0.3, 0.4) is 0 Å². The summed E-state index contributed by atoms with van der Waals surface area (Å²) in [7, 11) is 1.82. The Balaban J connectivity index is 1.24. The Hall–Kier alpha value is -3.51. The summed E-state index contributed by atoms with van der Waals surface area (Å²) in [6.45, 7) is 5.82. The number of aromatic nitrogens is 4. The second kappa shape index (κ2) is 10.1. The van der Waals surface area contributed by atoms with Gasteiger partial charge in [-0.1, -0.05) is 0 Å². The van der Waals surface area contributed by atoms with Gasteiger partial charge in [-0.25, -0.2) is 9.97 Å². The quantitative estimate of drug-likeness (QED) is 0.402. The molecule has 0 bridgehead atoms. The van der Waals surface area contributed by atoms with E-state index in [9.17, 15) is 18.0 Å². The molecular weight excluding hydrogens is 503 g/mol. The molecule has 0 spiro atoms. The molecule has 5 rings (SSSR count). The molecule has 0 radical (unpaired) electrons. The molecule has 1 aliphatic heterocycles. The highest BCUT2D eigenvalue weighted by molar-refractivity contribution is 7.08. The molecule has 5 heterocycles.